The molecule has 0 spiro atoms. The van der Waals surface area contributed by atoms with E-state index in [4.69, 9.17) is 0 Å². The van der Waals surface area contributed by atoms with Crippen LogP contribution in [0.15, 0.2) is 12.3 Å². The van der Waals surface area contributed by atoms with Gasteiger partial charge in [0.15, 0.2) is 0 Å². The monoisotopic (exact) mass is 225 g/mol. The van der Waals surface area contributed by atoms with Crippen LogP contribution in [-0.4, -0.2) is 27.0 Å². The minimum absolute atomic E-state index is 0.605. The number of aryl methyl sites for hydroxylation is 1. The van der Waals surface area contributed by atoms with E-state index in [2.05, 4.69) is 24.3 Å². The maximum absolute atomic E-state index is 9.98. The minimum atomic E-state index is -0.605. The Bertz CT molecular complexity index is 307. The molecule has 0 aliphatic carbocycles. The van der Waals surface area contributed by atoms with Crippen molar-refractivity contribution in [2.75, 3.05) is 6.54 Å². The van der Waals surface area contributed by atoms with E-state index in [0.29, 0.717) is 6.54 Å². The second-order valence-electron chi connectivity index (χ2n) is 4.49. The summed E-state index contributed by atoms with van der Waals surface area (Å²) in [6.45, 7) is 8.30. The largest absolute Gasteiger partial charge is 0.389 e. The van der Waals surface area contributed by atoms with Gasteiger partial charge in [0, 0.05) is 25.8 Å². The highest BCUT2D eigenvalue weighted by Crippen LogP contribution is 2.10. The Labute approximate surface area is 97.7 Å². The number of nitrogens with zero attached hydrogens (tertiary/aromatic N) is 2. The molecule has 0 amide bonds. The first-order valence-electron chi connectivity index (χ1n) is 6.03. The molecule has 0 saturated heterocycles. The Morgan fingerprint density at radius 1 is 1.50 bits per heavy atom. The van der Waals surface area contributed by atoms with E-state index in [9.17, 15) is 5.11 Å². The van der Waals surface area contributed by atoms with Crippen LogP contribution in [0.25, 0.3) is 0 Å². The van der Waals surface area contributed by atoms with Crippen LogP contribution in [0.5, 0.6) is 0 Å². The lowest BCUT2D eigenvalue weighted by atomic mass is 10.0. The summed E-state index contributed by atoms with van der Waals surface area (Å²) >= 11 is 0. The van der Waals surface area contributed by atoms with Crippen LogP contribution >= 0.6 is 0 Å². The molecule has 1 aromatic heterocycles. The van der Waals surface area contributed by atoms with Gasteiger partial charge < -0.3 is 10.4 Å². The summed E-state index contributed by atoms with van der Waals surface area (Å²) in [4.78, 5) is 0. The molecule has 92 valence electrons. The van der Waals surface area contributed by atoms with Crippen LogP contribution in [0.2, 0.25) is 0 Å². The molecule has 0 radical (unpaired) electrons. The summed E-state index contributed by atoms with van der Waals surface area (Å²) in [7, 11) is 0. The molecular weight excluding hydrogens is 202 g/mol. The van der Waals surface area contributed by atoms with E-state index in [1.165, 1.54) is 0 Å². The van der Waals surface area contributed by atoms with Crippen molar-refractivity contribution in [1.29, 1.82) is 0 Å². The topological polar surface area (TPSA) is 50.1 Å². The molecule has 1 atom stereocenters. The molecule has 0 aliphatic rings. The first kappa shape index (κ1) is 13.2. The fourth-order valence-corrected chi connectivity index (χ4v) is 1.88. The molecule has 16 heavy (non-hydrogen) atoms. The van der Waals surface area contributed by atoms with Gasteiger partial charge in [0.1, 0.15) is 0 Å². The molecule has 1 unspecified atom stereocenters. The lowest BCUT2D eigenvalue weighted by Crippen LogP contribution is -2.37. The Morgan fingerprint density at radius 2 is 2.25 bits per heavy atom. The highest BCUT2D eigenvalue weighted by atomic mass is 16.3. The molecular formula is C12H23N3O. The molecule has 1 heterocycles. The van der Waals surface area contributed by atoms with Crippen molar-refractivity contribution in [3.05, 3.63) is 18.0 Å². The van der Waals surface area contributed by atoms with E-state index < -0.39 is 5.60 Å². The number of aliphatic hydroxyl groups is 1. The zero-order valence-electron chi connectivity index (χ0n) is 10.5. The summed E-state index contributed by atoms with van der Waals surface area (Å²) < 4.78 is 1.96. The summed E-state index contributed by atoms with van der Waals surface area (Å²) in [5.41, 5.74) is 0.557. The van der Waals surface area contributed by atoms with Gasteiger partial charge in [-0.1, -0.05) is 13.3 Å². The quantitative estimate of drug-likeness (QED) is 0.740. The molecule has 0 aliphatic heterocycles. The van der Waals surface area contributed by atoms with Crippen LogP contribution in [0.3, 0.4) is 0 Å². The summed E-state index contributed by atoms with van der Waals surface area (Å²) in [5.74, 6) is 0. The second-order valence-corrected chi connectivity index (χ2v) is 4.49. The Balaban J connectivity index is 2.35. The van der Waals surface area contributed by atoms with Gasteiger partial charge in [-0.25, -0.2) is 0 Å². The van der Waals surface area contributed by atoms with Crippen molar-refractivity contribution in [2.24, 2.45) is 0 Å². The Hall–Kier alpha value is -0.870. The molecule has 4 nitrogen and oxygen atoms in total. The molecule has 0 aromatic carbocycles. The summed E-state index contributed by atoms with van der Waals surface area (Å²) in [6, 6.07) is 2.00. The second kappa shape index (κ2) is 6.01. The molecule has 1 rings (SSSR count). The van der Waals surface area contributed by atoms with Gasteiger partial charge >= 0.3 is 0 Å². The van der Waals surface area contributed by atoms with Gasteiger partial charge in [0.05, 0.1) is 11.3 Å². The van der Waals surface area contributed by atoms with Crippen LogP contribution in [0.4, 0.5) is 0 Å². The average molecular weight is 225 g/mol. The van der Waals surface area contributed by atoms with E-state index in [-0.39, 0.29) is 0 Å². The first-order chi connectivity index (χ1) is 7.59. The van der Waals surface area contributed by atoms with Crippen LogP contribution in [-0.2, 0) is 13.1 Å². The van der Waals surface area contributed by atoms with Crippen LogP contribution < -0.4 is 5.32 Å². The summed E-state index contributed by atoms with van der Waals surface area (Å²) in [6.07, 6.45) is 3.64. The lowest BCUT2D eigenvalue weighted by Gasteiger charge is -2.23. The predicted octanol–water partition coefficient (Wildman–Crippen LogP) is 1.54. The molecule has 0 bridgehead atoms. The van der Waals surface area contributed by atoms with Gasteiger partial charge in [-0.3, -0.25) is 4.68 Å². The Kier molecular flexibility index (Phi) is 4.96. The number of hydrogen-bond acceptors (Lipinski definition) is 3. The van der Waals surface area contributed by atoms with Crippen molar-refractivity contribution in [3.8, 4) is 0 Å². The van der Waals surface area contributed by atoms with Gasteiger partial charge in [0.2, 0.25) is 0 Å². The lowest BCUT2D eigenvalue weighted by molar-refractivity contribution is 0.0496. The SMILES string of the molecule is CCCC(C)(O)CNCc1ccnn1CC. The summed E-state index contributed by atoms with van der Waals surface area (Å²) in [5, 5.41) is 17.5. The normalized spacial score (nSPS) is 15.0. The molecule has 2 N–H and O–H groups in total. The van der Waals surface area contributed by atoms with E-state index >= 15 is 0 Å². The van der Waals surface area contributed by atoms with Gasteiger partial charge in [-0.2, -0.15) is 5.10 Å². The minimum Gasteiger partial charge on any atom is -0.389 e. The van der Waals surface area contributed by atoms with E-state index in [0.717, 1.165) is 31.6 Å². The van der Waals surface area contributed by atoms with Gasteiger partial charge in [-0.15, -0.1) is 0 Å². The highest BCUT2D eigenvalue weighted by Gasteiger charge is 2.18. The van der Waals surface area contributed by atoms with Crippen LogP contribution in [0, 0.1) is 0 Å². The molecule has 4 heteroatoms. The third-order valence-corrected chi connectivity index (χ3v) is 2.70. The van der Waals surface area contributed by atoms with E-state index in [1.807, 2.05) is 23.9 Å². The van der Waals surface area contributed by atoms with Crippen molar-refractivity contribution in [1.82, 2.24) is 15.1 Å². The molecule has 1 aromatic rings. The average Bonchev–Trinajstić information content (AvgIpc) is 2.64. The number of nitrogens with one attached hydrogen (secondary N) is 1. The van der Waals surface area contributed by atoms with Crippen molar-refractivity contribution in [3.63, 3.8) is 0 Å². The zero-order chi connectivity index (χ0) is 12.0. The Morgan fingerprint density at radius 3 is 2.88 bits per heavy atom. The fourth-order valence-electron chi connectivity index (χ4n) is 1.88. The fraction of sp³-hybridized carbons (Fsp3) is 0.750. The maximum atomic E-state index is 9.98. The van der Waals surface area contributed by atoms with E-state index in [1.54, 1.807) is 0 Å². The number of hydrogen-bond donors (Lipinski definition) is 2. The standard InChI is InChI=1S/C12H23N3O/c1-4-7-12(3,16)10-13-9-11-6-8-14-15(11)5-2/h6,8,13,16H,4-5,7,9-10H2,1-3H3. The van der Waals surface area contributed by atoms with Crippen molar-refractivity contribution in [2.45, 2.75) is 52.3 Å². The molecule has 0 saturated carbocycles. The highest BCUT2D eigenvalue weighted by molar-refractivity contribution is 5.00. The predicted molar refractivity (Wildman–Crippen MR) is 65.1 cm³/mol. The zero-order valence-corrected chi connectivity index (χ0v) is 10.5. The third kappa shape index (κ3) is 3.94. The number of rotatable bonds is 7. The number of aromatic nitrogens is 2. The third-order valence-electron chi connectivity index (χ3n) is 2.70. The van der Waals surface area contributed by atoms with Crippen molar-refractivity contribution >= 4 is 0 Å². The van der Waals surface area contributed by atoms with Crippen LogP contribution in [0.1, 0.15) is 39.3 Å². The maximum Gasteiger partial charge on any atom is 0.0743 e. The van der Waals surface area contributed by atoms with Gasteiger partial charge in [-0.05, 0) is 26.3 Å². The van der Waals surface area contributed by atoms with Crippen molar-refractivity contribution < 1.29 is 5.11 Å². The molecule has 0 fully saturated rings. The smallest absolute Gasteiger partial charge is 0.0743 e. The first-order valence-corrected chi connectivity index (χ1v) is 6.03. The van der Waals surface area contributed by atoms with Gasteiger partial charge in [0.25, 0.3) is 0 Å².